The Balaban J connectivity index is 1.68. The van der Waals surface area contributed by atoms with Crippen molar-refractivity contribution in [1.82, 2.24) is 4.98 Å². The number of para-hydroxylation sites is 1. The molecule has 0 aliphatic heterocycles. The number of ether oxygens (including phenoxy) is 3. The lowest BCUT2D eigenvalue weighted by molar-refractivity contribution is 0.103. The second-order valence-corrected chi connectivity index (χ2v) is 6.87. The zero-order chi connectivity index (χ0) is 21.8. The van der Waals surface area contributed by atoms with Gasteiger partial charge < -0.3 is 19.3 Å². The van der Waals surface area contributed by atoms with Crippen molar-refractivity contribution in [2.45, 2.75) is 6.61 Å². The summed E-state index contributed by atoms with van der Waals surface area (Å²) in [6.45, 7) is 0.348. The average Bonchev–Trinajstić information content (AvgIpc) is 2.82. The summed E-state index contributed by atoms with van der Waals surface area (Å²) >= 11 is 0. The summed E-state index contributed by atoms with van der Waals surface area (Å²) < 4.78 is 16.7. The minimum absolute atomic E-state index is 0.0855. The third-order valence-corrected chi connectivity index (χ3v) is 4.97. The molecular formula is C25H21NO5. The standard InChI is InChI=1S/C25H21NO5/c1-29-18-9-7-16(8-10-18)15-31-23-13-17-11-12-26-24(20(17)14-22(23)30-2)25(28)19-5-3-4-6-21(19)27/h3-14,27H,15H2,1-2H3. The number of pyridine rings is 1. The molecule has 0 atom stereocenters. The number of aromatic nitrogens is 1. The minimum Gasteiger partial charge on any atom is -0.507 e. The Bertz CT molecular complexity index is 1230. The highest BCUT2D eigenvalue weighted by atomic mass is 16.5. The molecule has 0 radical (unpaired) electrons. The van der Waals surface area contributed by atoms with Crippen molar-refractivity contribution in [1.29, 1.82) is 0 Å². The van der Waals surface area contributed by atoms with Crippen LogP contribution in [0.4, 0.5) is 0 Å². The third-order valence-electron chi connectivity index (χ3n) is 4.97. The predicted octanol–water partition coefficient (Wildman–Crippen LogP) is 4.77. The van der Waals surface area contributed by atoms with Gasteiger partial charge in [0.05, 0.1) is 19.8 Å². The molecule has 0 saturated heterocycles. The summed E-state index contributed by atoms with van der Waals surface area (Å²) in [7, 11) is 3.17. The lowest BCUT2D eigenvalue weighted by atomic mass is 10.0. The number of ketones is 1. The van der Waals surface area contributed by atoms with Crippen LogP contribution in [0, 0.1) is 0 Å². The highest BCUT2D eigenvalue weighted by molar-refractivity contribution is 6.16. The molecule has 0 bridgehead atoms. The maximum atomic E-state index is 13.0. The lowest BCUT2D eigenvalue weighted by Crippen LogP contribution is -2.06. The molecule has 0 amide bonds. The van der Waals surface area contributed by atoms with E-state index in [1.165, 1.54) is 6.07 Å². The van der Waals surface area contributed by atoms with E-state index in [-0.39, 0.29) is 22.8 Å². The number of benzene rings is 3. The van der Waals surface area contributed by atoms with E-state index in [9.17, 15) is 9.90 Å². The lowest BCUT2D eigenvalue weighted by Gasteiger charge is -2.14. The van der Waals surface area contributed by atoms with Crippen LogP contribution < -0.4 is 14.2 Å². The van der Waals surface area contributed by atoms with Gasteiger partial charge in [-0.15, -0.1) is 0 Å². The van der Waals surface area contributed by atoms with Gasteiger partial charge in [0.25, 0.3) is 0 Å². The average molecular weight is 415 g/mol. The highest BCUT2D eigenvalue weighted by Gasteiger charge is 2.19. The Morgan fingerprint density at radius 3 is 2.42 bits per heavy atom. The van der Waals surface area contributed by atoms with Gasteiger partial charge in [0.1, 0.15) is 23.8 Å². The van der Waals surface area contributed by atoms with Gasteiger partial charge >= 0.3 is 0 Å². The van der Waals surface area contributed by atoms with Gasteiger partial charge in [0, 0.05) is 11.6 Å². The van der Waals surface area contributed by atoms with E-state index in [1.54, 1.807) is 50.7 Å². The molecule has 31 heavy (non-hydrogen) atoms. The van der Waals surface area contributed by atoms with E-state index in [0.717, 1.165) is 16.7 Å². The summed E-state index contributed by atoms with van der Waals surface area (Å²) in [6, 6.07) is 19.4. The third kappa shape index (κ3) is 4.14. The van der Waals surface area contributed by atoms with Crippen molar-refractivity contribution in [3.05, 3.63) is 89.7 Å². The fourth-order valence-electron chi connectivity index (χ4n) is 3.31. The number of hydrogen-bond acceptors (Lipinski definition) is 6. The van der Waals surface area contributed by atoms with Crippen molar-refractivity contribution < 1.29 is 24.1 Å². The van der Waals surface area contributed by atoms with Crippen LogP contribution in [-0.4, -0.2) is 30.1 Å². The number of carbonyl (C=O) groups excluding carboxylic acids is 1. The molecule has 4 aromatic rings. The topological polar surface area (TPSA) is 77.9 Å². The molecule has 1 heterocycles. The van der Waals surface area contributed by atoms with E-state index in [2.05, 4.69) is 4.98 Å². The number of rotatable bonds is 7. The minimum atomic E-state index is -0.363. The fourth-order valence-corrected chi connectivity index (χ4v) is 3.31. The first-order chi connectivity index (χ1) is 15.1. The highest BCUT2D eigenvalue weighted by Crippen LogP contribution is 2.35. The van der Waals surface area contributed by atoms with Crippen LogP contribution in [0.15, 0.2) is 72.9 Å². The molecule has 4 rings (SSSR count). The molecule has 0 aliphatic carbocycles. The molecule has 0 spiro atoms. The van der Waals surface area contributed by atoms with Crippen molar-refractivity contribution in [3.63, 3.8) is 0 Å². The second kappa shape index (κ2) is 8.75. The van der Waals surface area contributed by atoms with Gasteiger partial charge in [-0.2, -0.15) is 0 Å². The van der Waals surface area contributed by atoms with Crippen LogP contribution in [0.5, 0.6) is 23.0 Å². The SMILES string of the molecule is COc1ccc(COc2cc3ccnc(C(=O)c4ccccc4O)c3cc2OC)cc1. The normalized spacial score (nSPS) is 10.6. The van der Waals surface area contributed by atoms with E-state index < -0.39 is 0 Å². The molecule has 1 aromatic heterocycles. The number of nitrogens with zero attached hydrogens (tertiary/aromatic N) is 1. The van der Waals surface area contributed by atoms with Crippen LogP contribution in [0.25, 0.3) is 10.8 Å². The van der Waals surface area contributed by atoms with E-state index in [4.69, 9.17) is 14.2 Å². The summed E-state index contributed by atoms with van der Waals surface area (Å²) in [6.07, 6.45) is 1.56. The summed E-state index contributed by atoms with van der Waals surface area (Å²) in [5.41, 5.74) is 1.41. The fraction of sp³-hybridized carbons (Fsp3) is 0.120. The van der Waals surface area contributed by atoms with Gasteiger partial charge in [-0.05, 0) is 53.4 Å². The molecule has 0 fully saturated rings. The van der Waals surface area contributed by atoms with Crippen molar-refractivity contribution in [2.24, 2.45) is 0 Å². The largest absolute Gasteiger partial charge is 0.507 e. The molecule has 1 N–H and O–H groups in total. The number of phenolic OH excluding ortho intramolecular Hbond substituents is 1. The smallest absolute Gasteiger partial charge is 0.215 e. The Hall–Kier alpha value is -4.06. The molecule has 0 saturated carbocycles. The Kier molecular flexibility index (Phi) is 5.71. The molecule has 3 aromatic carbocycles. The van der Waals surface area contributed by atoms with E-state index in [1.807, 2.05) is 30.3 Å². The Labute approximate surface area is 179 Å². The molecular weight excluding hydrogens is 394 g/mol. The number of hydrogen-bond donors (Lipinski definition) is 1. The Morgan fingerprint density at radius 1 is 0.935 bits per heavy atom. The van der Waals surface area contributed by atoms with Crippen LogP contribution in [0.2, 0.25) is 0 Å². The number of fused-ring (bicyclic) bond motifs is 1. The summed E-state index contributed by atoms with van der Waals surface area (Å²) in [5, 5.41) is 11.5. The first-order valence-electron chi connectivity index (χ1n) is 9.66. The predicted molar refractivity (Wildman–Crippen MR) is 117 cm³/mol. The van der Waals surface area contributed by atoms with Crippen LogP contribution >= 0.6 is 0 Å². The van der Waals surface area contributed by atoms with Gasteiger partial charge in [-0.1, -0.05) is 24.3 Å². The first kappa shape index (κ1) is 20.2. The van der Waals surface area contributed by atoms with Crippen molar-refractivity contribution in [3.8, 4) is 23.0 Å². The van der Waals surface area contributed by atoms with Crippen LogP contribution in [-0.2, 0) is 6.61 Å². The maximum absolute atomic E-state index is 13.0. The van der Waals surface area contributed by atoms with Crippen LogP contribution in [0.1, 0.15) is 21.6 Å². The first-order valence-corrected chi connectivity index (χ1v) is 9.66. The molecule has 6 heteroatoms. The second-order valence-electron chi connectivity index (χ2n) is 6.87. The summed E-state index contributed by atoms with van der Waals surface area (Å²) in [4.78, 5) is 17.3. The van der Waals surface area contributed by atoms with Gasteiger partial charge in [-0.25, -0.2) is 0 Å². The molecule has 0 unspecified atom stereocenters. The maximum Gasteiger partial charge on any atom is 0.215 e. The number of phenols is 1. The zero-order valence-electron chi connectivity index (χ0n) is 17.2. The number of aromatic hydroxyl groups is 1. The van der Waals surface area contributed by atoms with Gasteiger partial charge in [-0.3, -0.25) is 9.78 Å². The van der Waals surface area contributed by atoms with E-state index in [0.29, 0.717) is 23.5 Å². The quantitative estimate of drug-likeness (QED) is 0.438. The van der Waals surface area contributed by atoms with Crippen LogP contribution in [0.3, 0.4) is 0 Å². The van der Waals surface area contributed by atoms with Crippen molar-refractivity contribution in [2.75, 3.05) is 14.2 Å². The molecule has 156 valence electrons. The zero-order valence-corrected chi connectivity index (χ0v) is 17.2. The molecule has 0 aliphatic rings. The molecule has 6 nitrogen and oxygen atoms in total. The van der Waals surface area contributed by atoms with Crippen molar-refractivity contribution >= 4 is 16.6 Å². The van der Waals surface area contributed by atoms with Gasteiger partial charge in [0.2, 0.25) is 5.78 Å². The Morgan fingerprint density at radius 2 is 1.71 bits per heavy atom. The monoisotopic (exact) mass is 415 g/mol. The van der Waals surface area contributed by atoms with E-state index >= 15 is 0 Å². The van der Waals surface area contributed by atoms with Gasteiger partial charge in [0.15, 0.2) is 11.5 Å². The number of carbonyl (C=O) groups is 1. The summed E-state index contributed by atoms with van der Waals surface area (Å²) in [5.74, 6) is 1.37. The number of methoxy groups -OCH3 is 2.